The topological polar surface area (TPSA) is 110 Å². The van der Waals surface area contributed by atoms with Crippen LogP contribution in [0.25, 0.3) is 11.2 Å². The van der Waals surface area contributed by atoms with E-state index in [-0.39, 0.29) is 17.0 Å². The van der Waals surface area contributed by atoms with E-state index in [4.69, 9.17) is 5.11 Å². The zero-order valence-electron chi connectivity index (χ0n) is 7.99. The molecule has 2 aromatic rings. The van der Waals surface area contributed by atoms with Crippen LogP contribution in [0.1, 0.15) is 4.79 Å². The second kappa shape index (κ2) is 4.03. The van der Waals surface area contributed by atoms with Crippen LogP contribution in [0.2, 0.25) is 0 Å². The van der Waals surface area contributed by atoms with Crippen LogP contribution in [0.15, 0.2) is 12.7 Å². The van der Waals surface area contributed by atoms with Crippen molar-refractivity contribution < 1.29 is 14.7 Å². The molecule has 8 nitrogen and oxygen atoms in total. The molecule has 0 aliphatic heterocycles. The summed E-state index contributed by atoms with van der Waals surface area (Å²) in [5, 5.41) is 11.1. The average molecular weight is 221 g/mol. The molecule has 1 amide bonds. The first-order valence-corrected chi connectivity index (χ1v) is 4.30. The molecule has 0 atom stereocenters. The third kappa shape index (κ3) is 1.50. The number of nitrogens with one attached hydrogen (secondary N) is 1. The Kier molecular flexibility index (Phi) is 2.56. The van der Waals surface area contributed by atoms with Crippen LogP contribution in [0, 0.1) is 0 Å². The quantitative estimate of drug-likeness (QED) is 0.645. The first-order valence-electron chi connectivity index (χ1n) is 4.30. The lowest BCUT2D eigenvalue weighted by Crippen LogP contribution is -2.14. The molecular formula is C8H7N5O3. The standard InChI is InChI=1S/C8H7N5O3/c14-1-5(16)13-3-11-6-7(12-4-15)9-2-10-8(6)13/h2-4,14H,1H2,(H,9,10,12,15). The molecule has 82 valence electrons. The highest BCUT2D eigenvalue weighted by atomic mass is 16.3. The van der Waals surface area contributed by atoms with Crippen molar-refractivity contribution in [3.8, 4) is 0 Å². The molecule has 2 aromatic heterocycles. The maximum Gasteiger partial charge on any atom is 0.259 e. The van der Waals surface area contributed by atoms with Crippen LogP contribution in [0.3, 0.4) is 0 Å². The fourth-order valence-corrected chi connectivity index (χ4v) is 1.25. The van der Waals surface area contributed by atoms with Crippen LogP contribution < -0.4 is 5.32 Å². The van der Waals surface area contributed by atoms with Gasteiger partial charge < -0.3 is 10.4 Å². The number of aliphatic hydroxyl groups excluding tert-OH is 1. The first-order chi connectivity index (χ1) is 7.77. The molecule has 8 heteroatoms. The zero-order chi connectivity index (χ0) is 11.5. The predicted molar refractivity (Wildman–Crippen MR) is 52.7 cm³/mol. The van der Waals surface area contributed by atoms with Gasteiger partial charge in [0.1, 0.15) is 19.3 Å². The molecule has 0 unspecified atom stereocenters. The van der Waals surface area contributed by atoms with E-state index in [1.807, 2.05) is 0 Å². The van der Waals surface area contributed by atoms with Gasteiger partial charge in [-0.05, 0) is 0 Å². The molecule has 0 aliphatic carbocycles. The monoisotopic (exact) mass is 221 g/mol. The van der Waals surface area contributed by atoms with Gasteiger partial charge in [0, 0.05) is 0 Å². The van der Waals surface area contributed by atoms with E-state index >= 15 is 0 Å². The summed E-state index contributed by atoms with van der Waals surface area (Å²) in [6, 6.07) is 0. The number of nitrogens with zero attached hydrogens (tertiary/aromatic N) is 4. The smallest absolute Gasteiger partial charge is 0.259 e. The third-order valence-corrected chi connectivity index (χ3v) is 1.93. The van der Waals surface area contributed by atoms with Gasteiger partial charge in [0.05, 0.1) is 0 Å². The summed E-state index contributed by atoms with van der Waals surface area (Å²) in [4.78, 5) is 33.1. The van der Waals surface area contributed by atoms with E-state index in [0.717, 1.165) is 4.57 Å². The van der Waals surface area contributed by atoms with Gasteiger partial charge in [-0.3, -0.25) is 14.2 Å². The van der Waals surface area contributed by atoms with Crippen LogP contribution in [-0.2, 0) is 4.79 Å². The molecule has 0 saturated carbocycles. The molecule has 0 radical (unpaired) electrons. The van der Waals surface area contributed by atoms with Crippen LogP contribution in [0.4, 0.5) is 5.82 Å². The molecule has 0 saturated heterocycles. The highest BCUT2D eigenvalue weighted by Crippen LogP contribution is 2.16. The summed E-state index contributed by atoms with van der Waals surface area (Å²) in [6.45, 7) is -0.647. The van der Waals surface area contributed by atoms with Crippen molar-refractivity contribution in [2.75, 3.05) is 11.9 Å². The lowest BCUT2D eigenvalue weighted by Gasteiger charge is -2.00. The van der Waals surface area contributed by atoms with Crippen LogP contribution in [0.5, 0.6) is 0 Å². The number of imidazole rings is 1. The van der Waals surface area contributed by atoms with Gasteiger partial charge in [0.25, 0.3) is 5.91 Å². The van der Waals surface area contributed by atoms with Crippen molar-refractivity contribution in [1.82, 2.24) is 19.5 Å². The van der Waals surface area contributed by atoms with Crippen molar-refractivity contribution in [2.45, 2.75) is 0 Å². The summed E-state index contributed by atoms with van der Waals surface area (Å²) in [7, 11) is 0. The molecule has 0 fully saturated rings. The zero-order valence-corrected chi connectivity index (χ0v) is 7.99. The highest BCUT2D eigenvalue weighted by molar-refractivity contribution is 5.94. The van der Waals surface area contributed by atoms with E-state index in [9.17, 15) is 9.59 Å². The summed E-state index contributed by atoms with van der Waals surface area (Å²) in [5.41, 5.74) is 0.523. The van der Waals surface area contributed by atoms with Gasteiger partial charge in [-0.1, -0.05) is 0 Å². The molecule has 0 aliphatic rings. The Balaban J connectivity index is 2.61. The number of amides is 1. The van der Waals surface area contributed by atoms with Crippen molar-refractivity contribution in [1.29, 1.82) is 0 Å². The maximum absolute atomic E-state index is 11.3. The number of anilines is 1. The Morgan fingerprint density at radius 3 is 3.00 bits per heavy atom. The van der Waals surface area contributed by atoms with E-state index in [0.29, 0.717) is 6.41 Å². The lowest BCUT2D eigenvalue weighted by molar-refractivity contribution is -0.105. The minimum absolute atomic E-state index is 0.212. The number of hydrogen-bond donors (Lipinski definition) is 2. The number of rotatable bonds is 3. The fraction of sp³-hybridized carbons (Fsp3) is 0.125. The maximum atomic E-state index is 11.3. The Morgan fingerprint density at radius 1 is 1.50 bits per heavy atom. The second-order valence-corrected chi connectivity index (χ2v) is 2.82. The Bertz CT molecular complexity index is 550. The summed E-state index contributed by atoms with van der Waals surface area (Å²) in [6.07, 6.45) is 2.86. The summed E-state index contributed by atoms with van der Waals surface area (Å²) >= 11 is 0. The first kappa shape index (κ1) is 10.2. The second-order valence-electron chi connectivity index (χ2n) is 2.82. The van der Waals surface area contributed by atoms with Crippen molar-refractivity contribution >= 4 is 29.3 Å². The third-order valence-electron chi connectivity index (χ3n) is 1.93. The van der Waals surface area contributed by atoms with Crippen LogP contribution >= 0.6 is 0 Å². The predicted octanol–water partition coefficient (Wildman–Crippen LogP) is -0.973. The lowest BCUT2D eigenvalue weighted by atomic mass is 10.5. The molecule has 2 heterocycles. The Labute approximate surface area is 89.0 Å². The molecular weight excluding hydrogens is 214 g/mol. The molecule has 0 bridgehead atoms. The minimum Gasteiger partial charge on any atom is -0.387 e. The van der Waals surface area contributed by atoms with Crippen molar-refractivity contribution in [3.63, 3.8) is 0 Å². The van der Waals surface area contributed by atoms with Gasteiger partial charge >= 0.3 is 0 Å². The SMILES string of the molecule is O=CNc1ncnc2c1ncn2C(=O)CO. The number of aliphatic hydroxyl groups is 1. The molecule has 2 rings (SSSR count). The van der Waals surface area contributed by atoms with Crippen LogP contribution in [-0.4, -0.2) is 43.5 Å². The molecule has 2 N–H and O–H groups in total. The normalized spacial score (nSPS) is 10.3. The Morgan fingerprint density at radius 2 is 2.31 bits per heavy atom. The van der Waals surface area contributed by atoms with Gasteiger partial charge in [0.15, 0.2) is 17.0 Å². The summed E-state index contributed by atoms with van der Waals surface area (Å²) < 4.78 is 1.09. The molecule has 0 spiro atoms. The largest absolute Gasteiger partial charge is 0.387 e. The van der Waals surface area contributed by atoms with Gasteiger partial charge in [-0.2, -0.15) is 0 Å². The number of carbonyl (C=O) groups is 2. The summed E-state index contributed by atoms with van der Waals surface area (Å²) in [5.74, 6) is -0.345. The van der Waals surface area contributed by atoms with Crippen molar-refractivity contribution in [2.24, 2.45) is 0 Å². The van der Waals surface area contributed by atoms with E-state index < -0.39 is 12.5 Å². The average Bonchev–Trinajstić information content (AvgIpc) is 2.73. The van der Waals surface area contributed by atoms with Gasteiger partial charge in [0.2, 0.25) is 6.41 Å². The highest BCUT2D eigenvalue weighted by Gasteiger charge is 2.13. The number of aromatic nitrogens is 4. The number of fused-ring (bicyclic) bond motifs is 1. The van der Waals surface area contributed by atoms with Gasteiger partial charge in [-0.25, -0.2) is 15.0 Å². The molecule has 0 aromatic carbocycles. The van der Waals surface area contributed by atoms with E-state index in [1.165, 1.54) is 12.7 Å². The van der Waals surface area contributed by atoms with E-state index in [1.54, 1.807) is 0 Å². The fourth-order valence-electron chi connectivity index (χ4n) is 1.25. The number of hydrogen-bond acceptors (Lipinski definition) is 6. The van der Waals surface area contributed by atoms with E-state index in [2.05, 4.69) is 20.3 Å². The Hall–Kier alpha value is -2.35. The number of carbonyl (C=O) groups excluding carboxylic acids is 2. The minimum atomic E-state index is -0.647. The van der Waals surface area contributed by atoms with Gasteiger partial charge in [-0.15, -0.1) is 0 Å². The van der Waals surface area contributed by atoms with Crippen molar-refractivity contribution in [3.05, 3.63) is 12.7 Å². The molecule has 16 heavy (non-hydrogen) atoms.